The summed E-state index contributed by atoms with van der Waals surface area (Å²) in [5, 5.41) is 3.68. The van der Waals surface area contributed by atoms with Gasteiger partial charge in [-0.15, -0.1) is 0 Å². The Balaban J connectivity index is 1.45. The molecule has 104 valence electrons. The molecule has 1 aromatic carbocycles. The van der Waals surface area contributed by atoms with E-state index in [4.69, 9.17) is 0 Å². The summed E-state index contributed by atoms with van der Waals surface area (Å²) in [5.74, 6) is 1.89. The summed E-state index contributed by atoms with van der Waals surface area (Å²) in [6.45, 7) is 4.66. The van der Waals surface area contributed by atoms with Crippen LogP contribution in [0.4, 0.5) is 0 Å². The zero-order valence-electron chi connectivity index (χ0n) is 12.3. The minimum absolute atomic E-state index is 0.922. The predicted octanol–water partition coefficient (Wildman–Crippen LogP) is 4.09. The van der Waals surface area contributed by atoms with Gasteiger partial charge in [-0.2, -0.15) is 0 Å². The van der Waals surface area contributed by atoms with E-state index in [9.17, 15) is 0 Å². The molecule has 0 radical (unpaired) electrons. The minimum atomic E-state index is 0.922. The molecule has 0 aliphatic heterocycles. The number of rotatable bonds is 4. The Bertz CT molecular complexity index is 416. The number of aryl methyl sites for hydroxylation is 2. The molecular weight excluding hydrogens is 230 g/mol. The first-order valence-corrected chi connectivity index (χ1v) is 8.12. The highest BCUT2D eigenvalue weighted by Crippen LogP contribution is 2.28. The minimum Gasteiger partial charge on any atom is -0.312 e. The van der Waals surface area contributed by atoms with Crippen molar-refractivity contribution in [1.82, 2.24) is 5.32 Å². The zero-order valence-corrected chi connectivity index (χ0v) is 12.3. The Labute approximate surface area is 117 Å². The highest BCUT2D eigenvalue weighted by Gasteiger charge is 2.17. The average Bonchev–Trinajstić information content (AvgIpc) is 2.88. The molecule has 0 saturated heterocycles. The number of fused-ring (bicyclic) bond motifs is 1. The first-order chi connectivity index (χ1) is 9.31. The maximum absolute atomic E-state index is 3.68. The van der Waals surface area contributed by atoms with E-state index in [0.717, 1.165) is 18.4 Å². The van der Waals surface area contributed by atoms with Gasteiger partial charge in [-0.1, -0.05) is 38.0 Å². The van der Waals surface area contributed by atoms with Gasteiger partial charge in [-0.3, -0.25) is 0 Å². The van der Waals surface area contributed by atoms with Crippen molar-refractivity contribution in [3.63, 3.8) is 0 Å². The van der Waals surface area contributed by atoms with Gasteiger partial charge in [0.1, 0.15) is 0 Å². The summed E-state index contributed by atoms with van der Waals surface area (Å²) in [6, 6.07) is 7.10. The van der Waals surface area contributed by atoms with Gasteiger partial charge < -0.3 is 5.32 Å². The molecule has 0 aromatic heterocycles. The molecule has 1 nitrogen and oxygen atoms in total. The van der Waals surface area contributed by atoms with Crippen LogP contribution in [0.25, 0.3) is 0 Å². The second-order valence-corrected chi connectivity index (χ2v) is 6.71. The molecule has 1 fully saturated rings. The van der Waals surface area contributed by atoms with Crippen LogP contribution in [0.3, 0.4) is 0 Å². The fourth-order valence-electron chi connectivity index (χ4n) is 3.69. The van der Waals surface area contributed by atoms with E-state index in [1.165, 1.54) is 57.1 Å². The summed E-state index contributed by atoms with van der Waals surface area (Å²) in [7, 11) is 0. The molecule has 0 spiro atoms. The van der Waals surface area contributed by atoms with Gasteiger partial charge in [-0.25, -0.2) is 0 Å². The zero-order chi connectivity index (χ0) is 13.1. The van der Waals surface area contributed by atoms with Gasteiger partial charge in [0.15, 0.2) is 0 Å². The normalized spacial score (nSPS) is 26.4. The molecular formula is C18H27N. The van der Waals surface area contributed by atoms with Crippen molar-refractivity contribution >= 4 is 0 Å². The number of benzene rings is 1. The molecule has 1 N–H and O–H groups in total. The Morgan fingerprint density at radius 1 is 1.05 bits per heavy atom. The van der Waals surface area contributed by atoms with Crippen molar-refractivity contribution in [3.8, 4) is 0 Å². The summed E-state index contributed by atoms with van der Waals surface area (Å²) < 4.78 is 0. The first kappa shape index (κ1) is 13.2. The number of hydrogen-bond acceptors (Lipinski definition) is 1. The van der Waals surface area contributed by atoms with Crippen LogP contribution in [0.1, 0.15) is 55.7 Å². The maximum atomic E-state index is 3.68. The number of nitrogens with one attached hydrogen (secondary N) is 1. The summed E-state index contributed by atoms with van der Waals surface area (Å²) in [6.07, 6.45) is 9.67. The summed E-state index contributed by atoms with van der Waals surface area (Å²) in [5.41, 5.74) is 4.67. The molecule has 19 heavy (non-hydrogen) atoms. The molecule has 1 saturated carbocycles. The molecule has 1 heteroatoms. The van der Waals surface area contributed by atoms with Crippen molar-refractivity contribution in [3.05, 3.63) is 34.9 Å². The monoisotopic (exact) mass is 257 g/mol. The van der Waals surface area contributed by atoms with E-state index in [1.807, 2.05) is 0 Å². The lowest BCUT2D eigenvalue weighted by molar-refractivity contribution is 0.281. The second-order valence-electron chi connectivity index (χ2n) is 6.71. The van der Waals surface area contributed by atoms with Crippen LogP contribution in [0.15, 0.2) is 18.2 Å². The van der Waals surface area contributed by atoms with Crippen molar-refractivity contribution in [1.29, 1.82) is 0 Å². The van der Waals surface area contributed by atoms with Crippen molar-refractivity contribution in [2.75, 3.05) is 6.54 Å². The second kappa shape index (κ2) is 6.09. The maximum Gasteiger partial charge on any atom is 0.0205 e. The van der Waals surface area contributed by atoms with Gasteiger partial charge in [0.05, 0.1) is 0 Å². The van der Waals surface area contributed by atoms with Gasteiger partial charge in [0.2, 0.25) is 0 Å². The molecule has 1 aromatic rings. The predicted molar refractivity (Wildman–Crippen MR) is 81.3 cm³/mol. The Kier molecular flexibility index (Phi) is 4.22. The molecule has 3 rings (SSSR count). The smallest absolute Gasteiger partial charge is 0.0205 e. The molecule has 0 bridgehead atoms. The average molecular weight is 257 g/mol. The first-order valence-electron chi connectivity index (χ1n) is 8.12. The van der Waals surface area contributed by atoms with E-state index < -0.39 is 0 Å². The largest absolute Gasteiger partial charge is 0.312 e. The Morgan fingerprint density at radius 2 is 1.84 bits per heavy atom. The molecule has 0 unspecified atom stereocenters. The van der Waals surface area contributed by atoms with Gasteiger partial charge >= 0.3 is 0 Å². The SMILES string of the molecule is CC1CCC(CNCc2ccc3c(c2)CCC3)CC1. The van der Waals surface area contributed by atoms with Gasteiger partial charge in [0.25, 0.3) is 0 Å². The third-order valence-electron chi connectivity index (χ3n) is 5.06. The highest BCUT2D eigenvalue weighted by molar-refractivity contribution is 5.35. The van der Waals surface area contributed by atoms with Gasteiger partial charge in [-0.05, 0) is 67.2 Å². The molecule has 0 heterocycles. The van der Waals surface area contributed by atoms with Crippen LogP contribution < -0.4 is 5.32 Å². The van der Waals surface area contributed by atoms with Crippen LogP contribution in [-0.2, 0) is 19.4 Å². The third kappa shape index (κ3) is 3.39. The topological polar surface area (TPSA) is 12.0 Å². The fourth-order valence-corrected chi connectivity index (χ4v) is 3.69. The van der Waals surface area contributed by atoms with E-state index >= 15 is 0 Å². The summed E-state index contributed by atoms with van der Waals surface area (Å²) in [4.78, 5) is 0. The van der Waals surface area contributed by atoms with Crippen LogP contribution in [0.2, 0.25) is 0 Å². The Hall–Kier alpha value is -0.820. The van der Waals surface area contributed by atoms with E-state index in [2.05, 4.69) is 30.4 Å². The van der Waals surface area contributed by atoms with E-state index in [-0.39, 0.29) is 0 Å². The highest BCUT2D eigenvalue weighted by atomic mass is 14.9. The van der Waals surface area contributed by atoms with Crippen molar-refractivity contribution in [2.45, 2.75) is 58.4 Å². The molecule has 0 amide bonds. The Morgan fingerprint density at radius 3 is 2.68 bits per heavy atom. The third-order valence-corrected chi connectivity index (χ3v) is 5.06. The van der Waals surface area contributed by atoms with Crippen LogP contribution in [0, 0.1) is 11.8 Å². The van der Waals surface area contributed by atoms with Crippen LogP contribution in [0.5, 0.6) is 0 Å². The van der Waals surface area contributed by atoms with Crippen LogP contribution >= 0.6 is 0 Å². The van der Waals surface area contributed by atoms with E-state index in [0.29, 0.717) is 0 Å². The van der Waals surface area contributed by atoms with Crippen LogP contribution in [-0.4, -0.2) is 6.54 Å². The molecule has 2 aliphatic carbocycles. The van der Waals surface area contributed by atoms with Crippen molar-refractivity contribution < 1.29 is 0 Å². The quantitative estimate of drug-likeness (QED) is 0.856. The molecule has 0 atom stereocenters. The summed E-state index contributed by atoms with van der Waals surface area (Å²) >= 11 is 0. The van der Waals surface area contributed by atoms with Crippen molar-refractivity contribution in [2.24, 2.45) is 11.8 Å². The van der Waals surface area contributed by atoms with E-state index in [1.54, 1.807) is 11.1 Å². The lowest BCUT2D eigenvalue weighted by atomic mass is 9.83. The fraction of sp³-hybridized carbons (Fsp3) is 0.667. The van der Waals surface area contributed by atoms with Gasteiger partial charge in [0, 0.05) is 6.54 Å². The standard InChI is InChI=1S/C18H27N/c1-14-5-7-15(8-6-14)12-19-13-16-9-10-17-3-2-4-18(17)11-16/h9-11,14-15,19H,2-8,12-13H2,1H3. The number of hydrogen-bond donors (Lipinski definition) is 1. The molecule has 2 aliphatic rings. The lowest BCUT2D eigenvalue weighted by Crippen LogP contribution is -2.25. The lowest BCUT2D eigenvalue weighted by Gasteiger charge is -2.26.